The quantitative estimate of drug-likeness (QED) is 0.683. The first kappa shape index (κ1) is 14.5. The van der Waals surface area contributed by atoms with Crippen LogP contribution in [0.25, 0.3) is 0 Å². The summed E-state index contributed by atoms with van der Waals surface area (Å²) in [5.74, 6) is -0.946. The lowest BCUT2D eigenvalue weighted by molar-refractivity contribution is 0.0469. The normalized spacial score (nSPS) is 10.3. The van der Waals surface area contributed by atoms with Crippen LogP contribution < -0.4 is 5.73 Å². The van der Waals surface area contributed by atoms with Gasteiger partial charge in [-0.1, -0.05) is 22.0 Å². The van der Waals surface area contributed by atoms with Crippen LogP contribution in [-0.2, 0) is 11.3 Å². The van der Waals surface area contributed by atoms with E-state index in [-0.39, 0.29) is 6.61 Å². The smallest absolute Gasteiger partial charge is 0.338 e. The number of anilines is 1. The highest BCUT2D eigenvalue weighted by molar-refractivity contribution is 9.10. The van der Waals surface area contributed by atoms with Gasteiger partial charge < -0.3 is 10.5 Å². The molecular weight excluding hydrogens is 325 g/mol. The Balaban J connectivity index is 2.08. The number of benzene rings is 2. The minimum Gasteiger partial charge on any atom is -0.457 e. The van der Waals surface area contributed by atoms with Crippen LogP contribution in [-0.4, -0.2) is 5.97 Å². The molecule has 0 saturated heterocycles. The van der Waals surface area contributed by atoms with Crippen molar-refractivity contribution in [2.24, 2.45) is 0 Å². The van der Waals surface area contributed by atoms with Crippen LogP contribution in [0.1, 0.15) is 21.5 Å². The number of nitrogen functional groups attached to an aromatic ring is 1. The van der Waals surface area contributed by atoms with Gasteiger partial charge in [0, 0.05) is 15.7 Å². The Morgan fingerprint density at radius 1 is 1.30 bits per heavy atom. The SMILES string of the molecule is Cc1cc(N)cc(C(=O)OCc2ccc(Br)cc2F)c1. The average molecular weight is 338 g/mol. The van der Waals surface area contributed by atoms with Gasteiger partial charge in [0.1, 0.15) is 12.4 Å². The van der Waals surface area contributed by atoms with Gasteiger partial charge in [0.05, 0.1) is 5.56 Å². The maximum atomic E-state index is 13.6. The summed E-state index contributed by atoms with van der Waals surface area (Å²) >= 11 is 3.17. The molecule has 2 aromatic rings. The summed E-state index contributed by atoms with van der Waals surface area (Å²) in [4.78, 5) is 11.9. The Labute approximate surface area is 124 Å². The molecule has 0 aliphatic carbocycles. The summed E-state index contributed by atoms with van der Waals surface area (Å²) in [5.41, 5.74) is 7.71. The highest BCUT2D eigenvalue weighted by Crippen LogP contribution is 2.17. The van der Waals surface area contributed by atoms with Crippen LogP contribution in [0.3, 0.4) is 0 Å². The summed E-state index contributed by atoms with van der Waals surface area (Å²) < 4.78 is 19.3. The lowest BCUT2D eigenvalue weighted by atomic mass is 10.1. The molecule has 0 heterocycles. The van der Waals surface area contributed by atoms with E-state index < -0.39 is 11.8 Å². The molecule has 0 aliphatic rings. The van der Waals surface area contributed by atoms with Gasteiger partial charge in [-0.15, -0.1) is 0 Å². The third-order valence-corrected chi connectivity index (χ3v) is 3.20. The standard InChI is InChI=1S/C15H13BrFNO2/c1-9-4-11(6-13(18)5-9)15(19)20-8-10-2-3-12(16)7-14(10)17/h2-7H,8,18H2,1H3. The zero-order valence-electron chi connectivity index (χ0n) is 10.8. The van der Waals surface area contributed by atoms with Crippen molar-refractivity contribution < 1.29 is 13.9 Å². The fourth-order valence-corrected chi connectivity index (χ4v) is 2.13. The number of carbonyl (C=O) groups excluding carboxylic acids is 1. The maximum Gasteiger partial charge on any atom is 0.338 e. The van der Waals surface area contributed by atoms with Gasteiger partial charge in [-0.05, 0) is 42.8 Å². The molecule has 5 heteroatoms. The zero-order chi connectivity index (χ0) is 14.7. The molecule has 0 spiro atoms. The number of esters is 1. The fourth-order valence-electron chi connectivity index (χ4n) is 1.80. The Morgan fingerprint density at radius 2 is 2.05 bits per heavy atom. The van der Waals surface area contributed by atoms with Crippen LogP contribution in [0.5, 0.6) is 0 Å². The van der Waals surface area contributed by atoms with Gasteiger partial charge in [0.2, 0.25) is 0 Å². The van der Waals surface area contributed by atoms with Crippen molar-refractivity contribution >= 4 is 27.6 Å². The predicted octanol–water partition coefficient (Wildman–Crippen LogP) is 3.84. The lowest BCUT2D eigenvalue weighted by Crippen LogP contribution is -2.07. The van der Waals surface area contributed by atoms with Gasteiger partial charge in [-0.2, -0.15) is 0 Å². The second-order valence-corrected chi connectivity index (χ2v) is 5.36. The molecule has 0 saturated carbocycles. The number of hydrogen-bond donors (Lipinski definition) is 1. The summed E-state index contributed by atoms with van der Waals surface area (Å²) in [6, 6.07) is 9.55. The highest BCUT2D eigenvalue weighted by Gasteiger charge is 2.10. The summed E-state index contributed by atoms with van der Waals surface area (Å²) in [5, 5.41) is 0. The summed E-state index contributed by atoms with van der Waals surface area (Å²) in [6.45, 7) is 1.72. The van der Waals surface area contributed by atoms with E-state index in [4.69, 9.17) is 10.5 Å². The zero-order valence-corrected chi connectivity index (χ0v) is 12.4. The molecule has 0 aromatic heterocycles. The third-order valence-electron chi connectivity index (χ3n) is 2.71. The largest absolute Gasteiger partial charge is 0.457 e. The molecule has 104 valence electrons. The van der Waals surface area contributed by atoms with Gasteiger partial charge in [0.15, 0.2) is 0 Å². The number of hydrogen-bond acceptors (Lipinski definition) is 3. The average Bonchev–Trinajstić information content (AvgIpc) is 2.36. The highest BCUT2D eigenvalue weighted by atomic mass is 79.9. The van der Waals surface area contributed by atoms with Crippen LogP contribution in [0.4, 0.5) is 10.1 Å². The first-order valence-corrected chi connectivity index (χ1v) is 6.73. The molecule has 3 nitrogen and oxygen atoms in total. The Kier molecular flexibility index (Phi) is 4.39. The van der Waals surface area contributed by atoms with Crippen LogP contribution in [0.15, 0.2) is 40.9 Å². The van der Waals surface area contributed by atoms with E-state index in [9.17, 15) is 9.18 Å². The van der Waals surface area contributed by atoms with Crippen molar-refractivity contribution in [3.63, 3.8) is 0 Å². The van der Waals surface area contributed by atoms with E-state index in [1.54, 1.807) is 24.3 Å². The maximum absolute atomic E-state index is 13.6. The van der Waals surface area contributed by atoms with Gasteiger partial charge >= 0.3 is 5.97 Å². The predicted molar refractivity (Wildman–Crippen MR) is 78.8 cm³/mol. The van der Waals surface area contributed by atoms with E-state index in [0.29, 0.717) is 21.3 Å². The van der Waals surface area contributed by atoms with Crippen molar-refractivity contribution in [2.45, 2.75) is 13.5 Å². The van der Waals surface area contributed by atoms with Gasteiger partial charge in [-0.25, -0.2) is 9.18 Å². The Hall–Kier alpha value is -1.88. The van der Waals surface area contributed by atoms with E-state index in [1.165, 1.54) is 12.1 Å². The second-order valence-electron chi connectivity index (χ2n) is 4.44. The topological polar surface area (TPSA) is 52.3 Å². The van der Waals surface area contributed by atoms with Crippen molar-refractivity contribution in [1.29, 1.82) is 0 Å². The molecule has 0 unspecified atom stereocenters. The van der Waals surface area contributed by atoms with Gasteiger partial charge in [-0.3, -0.25) is 0 Å². The number of ether oxygens (including phenoxy) is 1. The molecule has 2 aromatic carbocycles. The van der Waals surface area contributed by atoms with Crippen molar-refractivity contribution in [1.82, 2.24) is 0 Å². The molecule has 2 rings (SSSR count). The number of carbonyl (C=O) groups is 1. The molecule has 0 aliphatic heterocycles. The number of halogens is 2. The van der Waals surface area contributed by atoms with Crippen molar-refractivity contribution in [3.05, 3.63) is 63.4 Å². The summed E-state index contributed by atoms with van der Waals surface area (Å²) in [6.07, 6.45) is 0. The van der Waals surface area contributed by atoms with Crippen LogP contribution in [0, 0.1) is 12.7 Å². The summed E-state index contributed by atoms with van der Waals surface area (Å²) in [7, 11) is 0. The van der Waals surface area contributed by atoms with Crippen molar-refractivity contribution in [2.75, 3.05) is 5.73 Å². The monoisotopic (exact) mass is 337 g/mol. The Bertz CT molecular complexity index is 638. The molecule has 2 N–H and O–H groups in total. The molecule has 0 bridgehead atoms. The van der Waals surface area contributed by atoms with Crippen LogP contribution in [0.2, 0.25) is 0 Å². The minimum atomic E-state index is -0.525. The van der Waals surface area contributed by atoms with E-state index in [0.717, 1.165) is 5.56 Å². The number of nitrogens with two attached hydrogens (primary N) is 1. The van der Waals surface area contributed by atoms with E-state index in [2.05, 4.69) is 15.9 Å². The fraction of sp³-hybridized carbons (Fsp3) is 0.133. The van der Waals surface area contributed by atoms with E-state index in [1.807, 2.05) is 6.92 Å². The molecule has 0 radical (unpaired) electrons. The van der Waals surface area contributed by atoms with Crippen LogP contribution >= 0.6 is 15.9 Å². The Morgan fingerprint density at radius 3 is 2.70 bits per heavy atom. The molecular formula is C15H13BrFNO2. The van der Waals surface area contributed by atoms with Gasteiger partial charge in [0.25, 0.3) is 0 Å². The lowest BCUT2D eigenvalue weighted by Gasteiger charge is -2.07. The number of rotatable bonds is 3. The minimum absolute atomic E-state index is 0.119. The molecule has 20 heavy (non-hydrogen) atoms. The van der Waals surface area contributed by atoms with E-state index >= 15 is 0 Å². The third kappa shape index (κ3) is 3.57. The van der Waals surface area contributed by atoms with Crippen molar-refractivity contribution in [3.8, 4) is 0 Å². The number of aryl methyl sites for hydroxylation is 1. The molecule has 0 amide bonds. The first-order valence-electron chi connectivity index (χ1n) is 5.94. The second kappa shape index (κ2) is 6.05. The molecule has 0 fully saturated rings. The first-order chi connectivity index (χ1) is 9.45. The molecule has 0 atom stereocenters.